The molecule has 4 rings (SSSR count). The highest BCUT2D eigenvalue weighted by Gasteiger charge is 2.23. The van der Waals surface area contributed by atoms with Crippen LogP contribution in [-0.2, 0) is 6.54 Å². The molecule has 0 saturated carbocycles. The Balaban J connectivity index is 1.75. The van der Waals surface area contributed by atoms with Crippen LogP contribution in [0.25, 0.3) is 17.0 Å². The van der Waals surface area contributed by atoms with Crippen molar-refractivity contribution in [3.8, 4) is 12.0 Å². The Labute approximate surface area is 171 Å². The SMILES string of the molecule is COc1nc2c(B(O)O)cccc2n1-c1nnc(C)c(NCc2cccc(F)c2)n1. The Morgan fingerprint density at radius 2 is 1.93 bits per heavy atom. The van der Waals surface area contributed by atoms with E-state index >= 15 is 0 Å². The van der Waals surface area contributed by atoms with Crippen molar-refractivity contribution in [2.75, 3.05) is 12.4 Å². The Morgan fingerprint density at radius 3 is 2.67 bits per heavy atom. The molecule has 2 heterocycles. The smallest absolute Gasteiger partial charge is 0.468 e. The third kappa shape index (κ3) is 3.67. The zero-order chi connectivity index (χ0) is 21.3. The number of fused-ring (bicyclic) bond motifs is 1. The highest BCUT2D eigenvalue weighted by atomic mass is 19.1. The van der Waals surface area contributed by atoms with E-state index in [1.165, 1.54) is 23.8 Å². The first-order valence-corrected chi connectivity index (χ1v) is 9.09. The van der Waals surface area contributed by atoms with Crippen LogP contribution in [-0.4, -0.2) is 49.0 Å². The van der Waals surface area contributed by atoms with E-state index in [1.807, 2.05) is 0 Å². The van der Waals surface area contributed by atoms with Crippen molar-refractivity contribution >= 4 is 29.4 Å². The monoisotopic (exact) mass is 408 g/mol. The van der Waals surface area contributed by atoms with E-state index in [1.54, 1.807) is 37.3 Å². The van der Waals surface area contributed by atoms with Gasteiger partial charge in [-0.05, 0) is 30.7 Å². The van der Waals surface area contributed by atoms with Crippen molar-refractivity contribution in [3.63, 3.8) is 0 Å². The van der Waals surface area contributed by atoms with Gasteiger partial charge in [-0.1, -0.05) is 24.3 Å². The number of halogens is 1. The van der Waals surface area contributed by atoms with Crippen LogP contribution in [0.2, 0.25) is 0 Å². The van der Waals surface area contributed by atoms with Crippen LogP contribution in [0, 0.1) is 12.7 Å². The van der Waals surface area contributed by atoms with Crippen LogP contribution in [0.4, 0.5) is 10.2 Å². The van der Waals surface area contributed by atoms with E-state index < -0.39 is 7.12 Å². The van der Waals surface area contributed by atoms with Gasteiger partial charge in [0.2, 0.25) is 0 Å². The van der Waals surface area contributed by atoms with E-state index in [0.717, 1.165) is 5.56 Å². The fourth-order valence-electron chi connectivity index (χ4n) is 3.10. The van der Waals surface area contributed by atoms with Crippen LogP contribution in [0.5, 0.6) is 6.01 Å². The van der Waals surface area contributed by atoms with Gasteiger partial charge in [0.1, 0.15) is 11.5 Å². The first-order chi connectivity index (χ1) is 14.5. The quantitative estimate of drug-likeness (QED) is 0.404. The van der Waals surface area contributed by atoms with E-state index in [9.17, 15) is 14.4 Å². The molecule has 0 aliphatic rings. The van der Waals surface area contributed by atoms with Gasteiger partial charge in [0, 0.05) is 12.0 Å². The molecule has 3 N–H and O–H groups in total. The average molecular weight is 408 g/mol. The van der Waals surface area contributed by atoms with Gasteiger partial charge in [0.15, 0.2) is 5.82 Å². The standard InChI is InChI=1S/C19H18BFN6O3/c1-11-17(22-10-12-5-3-6-13(21)9-12)24-18(26-25-11)27-15-8-4-7-14(20(28)29)16(15)23-19(27)30-2/h3-9,28-29H,10H2,1-2H3,(H,22,24,26). The summed E-state index contributed by atoms with van der Waals surface area (Å²) in [7, 11) is -0.250. The first kappa shape index (κ1) is 19.7. The molecule has 4 aromatic rings. The van der Waals surface area contributed by atoms with E-state index in [2.05, 4.69) is 25.5 Å². The number of nitrogens with one attached hydrogen (secondary N) is 1. The third-order valence-electron chi connectivity index (χ3n) is 4.54. The van der Waals surface area contributed by atoms with Crippen molar-refractivity contribution in [3.05, 3.63) is 59.5 Å². The van der Waals surface area contributed by atoms with E-state index in [4.69, 9.17) is 4.74 Å². The second-order valence-corrected chi connectivity index (χ2v) is 6.55. The lowest BCUT2D eigenvalue weighted by atomic mass is 9.79. The van der Waals surface area contributed by atoms with Crippen molar-refractivity contribution < 1.29 is 19.2 Å². The normalized spacial score (nSPS) is 11.0. The zero-order valence-electron chi connectivity index (χ0n) is 16.2. The molecule has 2 aromatic heterocycles. The molecule has 152 valence electrons. The molecule has 0 aliphatic heterocycles. The largest absolute Gasteiger partial charge is 0.490 e. The summed E-state index contributed by atoms with van der Waals surface area (Å²) in [5, 5.41) is 30.7. The second-order valence-electron chi connectivity index (χ2n) is 6.55. The van der Waals surface area contributed by atoms with Gasteiger partial charge in [0.25, 0.3) is 5.95 Å². The predicted molar refractivity (Wildman–Crippen MR) is 109 cm³/mol. The van der Waals surface area contributed by atoms with Crippen molar-refractivity contribution in [2.45, 2.75) is 13.5 Å². The summed E-state index contributed by atoms with van der Waals surface area (Å²) in [6.07, 6.45) is 0. The Bertz CT molecular complexity index is 1220. The maximum absolute atomic E-state index is 13.4. The molecule has 2 aromatic carbocycles. The summed E-state index contributed by atoms with van der Waals surface area (Å²) in [6, 6.07) is 11.4. The molecule has 11 heteroatoms. The zero-order valence-corrected chi connectivity index (χ0v) is 16.2. The molecule has 0 atom stereocenters. The Morgan fingerprint density at radius 1 is 1.13 bits per heavy atom. The van der Waals surface area contributed by atoms with Gasteiger partial charge in [-0.15, -0.1) is 10.2 Å². The van der Waals surface area contributed by atoms with Gasteiger partial charge >= 0.3 is 13.1 Å². The molecule has 0 unspecified atom stereocenters. The Hall–Kier alpha value is -3.57. The minimum Gasteiger partial charge on any atom is -0.468 e. The van der Waals surface area contributed by atoms with Crippen LogP contribution < -0.4 is 15.5 Å². The number of rotatable bonds is 6. The predicted octanol–water partition coefficient (Wildman–Crippen LogP) is 0.959. The van der Waals surface area contributed by atoms with Gasteiger partial charge in [-0.25, -0.2) is 8.96 Å². The number of benzene rings is 2. The number of para-hydroxylation sites is 1. The number of anilines is 1. The number of hydrogen-bond donors (Lipinski definition) is 3. The van der Waals surface area contributed by atoms with Crippen molar-refractivity contribution in [1.82, 2.24) is 24.7 Å². The molecule has 0 aliphatic carbocycles. The lowest BCUT2D eigenvalue weighted by Crippen LogP contribution is -2.30. The van der Waals surface area contributed by atoms with Crippen LogP contribution in [0.15, 0.2) is 42.5 Å². The average Bonchev–Trinajstić information content (AvgIpc) is 3.12. The number of imidazole rings is 1. The number of aryl methyl sites for hydroxylation is 1. The number of hydrogen-bond acceptors (Lipinski definition) is 8. The van der Waals surface area contributed by atoms with Gasteiger partial charge < -0.3 is 20.1 Å². The molecule has 9 nitrogen and oxygen atoms in total. The van der Waals surface area contributed by atoms with Gasteiger partial charge in [-0.3, -0.25) is 0 Å². The Kier molecular flexibility index (Phi) is 5.30. The number of aromatic nitrogens is 5. The molecular weight excluding hydrogens is 390 g/mol. The first-order valence-electron chi connectivity index (χ1n) is 9.09. The summed E-state index contributed by atoms with van der Waals surface area (Å²) in [5.74, 6) is 0.335. The molecule has 30 heavy (non-hydrogen) atoms. The highest BCUT2D eigenvalue weighted by molar-refractivity contribution is 6.61. The third-order valence-corrected chi connectivity index (χ3v) is 4.54. The van der Waals surface area contributed by atoms with Crippen LogP contribution >= 0.6 is 0 Å². The summed E-state index contributed by atoms with van der Waals surface area (Å²) in [5.41, 5.74) is 2.42. The van der Waals surface area contributed by atoms with Crippen LogP contribution in [0.3, 0.4) is 0 Å². The van der Waals surface area contributed by atoms with Crippen LogP contribution in [0.1, 0.15) is 11.3 Å². The molecule has 0 bridgehead atoms. The van der Waals surface area contributed by atoms with E-state index in [-0.39, 0.29) is 23.2 Å². The molecule has 0 amide bonds. The fourth-order valence-corrected chi connectivity index (χ4v) is 3.10. The number of ether oxygens (including phenoxy) is 1. The molecule has 0 radical (unpaired) electrons. The minimum absolute atomic E-state index is 0.167. The topological polar surface area (TPSA) is 118 Å². The maximum atomic E-state index is 13.4. The summed E-state index contributed by atoms with van der Waals surface area (Å²) in [6.45, 7) is 2.10. The lowest BCUT2D eigenvalue weighted by Gasteiger charge is -2.11. The number of methoxy groups -OCH3 is 1. The molecule has 0 saturated heterocycles. The van der Waals surface area contributed by atoms with Crippen molar-refractivity contribution in [2.24, 2.45) is 0 Å². The second kappa shape index (κ2) is 8.05. The fraction of sp³-hybridized carbons (Fsp3) is 0.158. The summed E-state index contributed by atoms with van der Waals surface area (Å²) >= 11 is 0. The summed E-state index contributed by atoms with van der Waals surface area (Å²) < 4.78 is 20.3. The van der Waals surface area contributed by atoms with Crippen molar-refractivity contribution in [1.29, 1.82) is 0 Å². The highest BCUT2D eigenvalue weighted by Crippen LogP contribution is 2.24. The minimum atomic E-state index is -1.69. The van der Waals surface area contributed by atoms with Gasteiger partial charge in [0.05, 0.1) is 18.1 Å². The number of nitrogens with zero attached hydrogens (tertiary/aromatic N) is 5. The molecular formula is C19H18BFN6O3. The van der Waals surface area contributed by atoms with E-state index in [0.29, 0.717) is 29.1 Å². The lowest BCUT2D eigenvalue weighted by molar-refractivity contribution is 0.373. The molecule has 0 spiro atoms. The summed E-state index contributed by atoms with van der Waals surface area (Å²) in [4.78, 5) is 8.86. The van der Waals surface area contributed by atoms with Gasteiger partial charge in [-0.2, -0.15) is 9.97 Å². The molecule has 0 fully saturated rings. The maximum Gasteiger partial charge on any atom is 0.490 e.